The molecule has 1 rings (SSSR count). The monoisotopic (exact) mass is 206 g/mol. The summed E-state index contributed by atoms with van der Waals surface area (Å²) in [6, 6.07) is 2.12. The largest absolute Gasteiger partial charge is 0.281 e. The minimum atomic E-state index is 0.240. The van der Waals surface area contributed by atoms with Gasteiger partial charge in [-0.15, -0.1) is 0 Å². The average molecular weight is 206 g/mol. The van der Waals surface area contributed by atoms with Crippen LogP contribution in [0.4, 0.5) is 0 Å². The van der Waals surface area contributed by atoms with Crippen molar-refractivity contribution in [3.8, 4) is 0 Å². The molecule has 1 N–H and O–H groups in total. The molecule has 2 heteroatoms. The molecule has 1 atom stereocenters. The van der Waals surface area contributed by atoms with E-state index >= 15 is 0 Å². The van der Waals surface area contributed by atoms with Gasteiger partial charge in [0.15, 0.2) is 0 Å². The molecule has 0 fully saturated rings. The van der Waals surface area contributed by atoms with Gasteiger partial charge in [-0.2, -0.15) is 5.10 Å². The minimum absolute atomic E-state index is 0.240. The number of aromatic amines is 1. The molecule has 1 aromatic rings. The second-order valence-electron chi connectivity index (χ2n) is 4.43. The van der Waals surface area contributed by atoms with E-state index < -0.39 is 0 Å². The summed E-state index contributed by atoms with van der Waals surface area (Å²) in [4.78, 5) is 0. The minimum Gasteiger partial charge on any atom is -0.281 e. The van der Waals surface area contributed by atoms with E-state index in [1.165, 1.54) is 25.0 Å². The molecular formula is C13H22N2. The molecule has 0 aliphatic carbocycles. The molecule has 0 radical (unpaired) electrons. The quantitative estimate of drug-likeness (QED) is 0.751. The zero-order valence-electron chi connectivity index (χ0n) is 10.1. The number of aromatic nitrogens is 2. The molecule has 0 saturated carbocycles. The van der Waals surface area contributed by atoms with Crippen LogP contribution in [-0.2, 0) is 5.41 Å². The molecule has 1 unspecified atom stereocenters. The molecule has 0 saturated heterocycles. The van der Waals surface area contributed by atoms with Crippen LogP contribution >= 0.6 is 0 Å². The third kappa shape index (κ3) is 2.71. The summed E-state index contributed by atoms with van der Waals surface area (Å²) in [7, 11) is 0. The van der Waals surface area contributed by atoms with Crippen molar-refractivity contribution < 1.29 is 0 Å². The number of H-pyrrole nitrogens is 1. The molecule has 1 heterocycles. The van der Waals surface area contributed by atoms with Crippen LogP contribution in [0.25, 0.3) is 6.08 Å². The highest BCUT2D eigenvalue weighted by atomic mass is 15.1. The predicted molar refractivity (Wildman–Crippen MR) is 65.8 cm³/mol. The van der Waals surface area contributed by atoms with Crippen molar-refractivity contribution >= 4 is 6.08 Å². The van der Waals surface area contributed by atoms with Crippen LogP contribution in [0.2, 0.25) is 0 Å². The summed E-state index contributed by atoms with van der Waals surface area (Å²) >= 11 is 0. The Balaban J connectivity index is 2.84. The van der Waals surface area contributed by atoms with Crippen LogP contribution in [0, 0.1) is 0 Å². The maximum absolute atomic E-state index is 4.21. The molecule has 0 aliphatic rings. The number of unbranched alkanes of at least 4 members (excludes halogenated alkanes) is 1. The van der Waals surface area contributed by atoms with Gasteiger partial charge in [-0.3, -0.25) is 5.10 Å². The highest BCUT2D eigenvalue weighted by molar-refractivity contribution is 5.42. The summed E-state index contributed by atoms with van der Waals surface area (Å²) in [6.45, 7) is 10.5. The van der Waals surface area contributed by atoms with Crippen LogP contribution in [0.5, 0.6) is 0 Å². The molecular weight excluding hydrogens is 184 g/mol. The van der Waals surface area contributed by atoms with Gasteiger partial charge in [0.2, 0.25) is 0 Å². The number of hydrogen-bond acceptors (Lipinski definition) is 1. The standard InChI is InChI=1S/C13H22N2/c1-5-8-9-13(4,7-3)12-10-11(6-2)14-15-12/h6,10H,2,5,7-9H2,1,3-4H3,(H,14,15). The number of hydrogen-bond donors (Lipinski definition) is 1. The van der Waals surface area contributed by atoms with Crippen molar-refractivity contribution in [1.82, 2.24) is 10.2 Å². The van der Waals surface area contributed by atoms with Gasteiger partial charge in [-0.1, -0.05) is 40.2 Å². The van der Waals surface area contributed by atoms with Crippen molar-refractivity contribution in [3.05, 3.63) is 24.0 Å². The van der Waals surface area contributed by atoms with Crippen LogP contribution in [0.1, 0.15) is 57.8 Å². The van der Waals surface area contributed by atoms with Crippen molar-refractivity contribution in [2.75, 3.05) is 0 Å². The lowest BCUT2D eigenvalue weighted by Crippen LogP contribution is -2.21. The van der Waals surface area contributed by atoms with E-state index in [0.717, 1.165) is 12.1 Å². The molecule has 0 aliphatic heterocycles. The third-order valence-corrected chi connectivity index (χ3v) is 3.32. The zero-order valence-corrected chi connectivity index (χ0v) is 10.1. The van der Waals surface area contributed by atoms with Crippen LogP contribution in [-0.4, -0.2) is 10.2 Å². The number of nitrogens with one attached hydrogen (secondary N) is 1. The zero-order chi connectivity index (χ0) is 11.3. The molecule has 1 aromatic heterocycles. The Morgan fingerprint density at radius 2 is 2.27 bits per heavy atom. The van der Waals surface area contributed by atoms with Gasteiger partial charge in [0.1, 0.15) is 0 Å². The maximum atomic E-state index is 4.21. The molecule has 0 aromatic carbocycles. The third-order valence-electron chi connectivity index (χ3n) is 3.32. The molecule has 0 spiro atoms. The lowest BCUT2D eigenvalue weighted by Gasteiger charge is -2.26. The van der Waals surface area contributed by atoms with E-state index in [0.29, 0.717) is 0 Å². The Hall–Kier alpha value is -1.05. The lowest BCUT2D eigenvalue weighted by atomic mass is 9.79. The van der Waals surface area contributed by atoms with E-state index in [4.69, 9.17) is 0 Å². The predicted octanol–water partition coefficient (Wildman–Crippen LogP) is 3.91. The Morgan fingerprint density at radius 3 is 2.73 bits per heavy atom. The molecule has 15 heavy (non-hydrogen) atoms. The van der Waals surface area contributed by atoms with E-state index in [9.17, 15) is 0 Å². The van der Waals surface area contributed by atoms with Gasteiger partial charge in [0.25, 0.3) is 0 Å². The summed E-state index contributed by atoms with van der Waals surface area (Å²) in [6.07, 6.45) is 6.67. The SMILES string of the molecule is C=Cc1cc(C(C)(CC)CCCC)[nH]n1. The Labute approximate surface area is 92.8 Å². The van der Waals surface area contributed by atoms with Crippen molar-refractivity contribution in [2.45, 2.75) is 51.9 Å². The first-order valence-corrected chi connectivity index (χ1v) is 5.84. The fraction of sp³-hybridized carbons (Fsp3) is 0.615. The normalized spacial score (nSPS) is 14.9. The summed E-state index contributed by atoms with van der Waals surface area (Å²) in [5.41, 5.74) is 2.43. The fourth-order valence-corrected chi connectivity index (χ4v) is 1.82. The van der Waals surface area contributed by atoms with Gasteiger partial charge >= 0.3 is 0 Å². The van der Waals surface area contributed by atoms with Crippen molar-refractivity contribution in [2.24, 2.45) is 0 Å². The topological polar surface area (TPSA) is 28.7 Å². The molecule has 84 valence electrons. The summed E-state index contributed by atoms with van der Waals surface area (Å²) < 4.78 is 0. The first kappa shape index (κ1) is 12.0. The average Bonchev–Trinajstić information content (AvgIpc) is 2.75. The summed E-state index contributed by atoms with van der Waals surface area (Å²) in [5, 5.41) is 7.35. The van der Waals surface area contributed by atoms with Gasteiger partial charge in [0, 0.05) is 11.1 Å². The first-order chi connectivity index (χ1) is 7.16. The second-order valence-corrected chi connectivity index (χ2v) is 4.43. The van der Waals surface area contributed by atoms with Gasteiger partial charge in [-0.05, 0) is 25.0 Å². The van der Waals surface area contributed by atoms with E-state index in [2.05, 4.69) is 43.6 Å². The van der Waals surface area contributed by atoms with Crippen molar-refractivity contribution in [1.29, 1.82) is 0 Å². The second kappa shape index (κ2) is 5.15. The lowest BCUT2D eigenvalue weighted by molar-refractivity contribution is 0.392. The highest BCUT2D eigenvalue weighted by Gasteiger charge is 2.25. The van der Waals surface area contributed by atoms with Gasteiger partial charge < -0.3 is 0 Å². The number of nitrogens with zero attached hydrogens (tertiary/aromatic N) is 1. The van der Waals surface area contributed by atoms with Crippen LogP contribution < -0.4 is 0 Å². The Morgan fingerprint density at radius 1 is 1.53 bits per heavy atom. The van der Waals surface area contributed by atoms with Gasteiger partial charge in [-0.25, -0.2) is 0 Å². The fourth-order valence-electron chi connectivity index (χ4n) is 1.82. The van der Waals surface area contributed by atoms with Crippen LogP contribution in [0.15, 0.2) is 12.6 Å². The van der Waals surface area contributed by atoms with E-state index in [1.807, 2.05) is 0 Å². The van der Waals surface area contributed by atoms with E-state index in [1.54, 1.807) is 6.08 Å². The smallest absolute Gasteiger partial charge is 0.0845 e. The van der Waals surface area contributed by atoms with Crippen LogP contribution in [0.3, 0.4) is 0 Å². The maximum Gasteiger partial charge on any atom is 0.0845 e. The first-order valence-electron chi connectivity index (χ1n) is 5.84. The Bertz CT molecular complexity index is 314. The molecule has 0 bridgehead atoms. The summed E-state index contributed by atoms with van der Waals surface area (Å²) in [5.74, 6) is 0. The highest BCUT2D eigenvalue weighted by Crippen LogP contribution is 2.31. The Kier molecular flexibility index (Phi) is 4.13. The molecule has 2 nitrogen and oxygen atoms in total. The van der Waals surface area contributed by atoms with Gasteiger partial charge in [0.05, 0.1) is 5.69 Å². The molecule has 0 amide bonds. The van der Waals surface area contributed by atoms with Crippen molar-refractivity contribution in [3.63, 3.8) is 0 Å². The number of rotatable bonds is 6. The van der Waals surface area contributed by atoms with E-state index in [-0.39, 0.29) is 5.41 Å².